The Bertz CT molecular complexity index is 552. The molecule has 0 unspecified atom stereocenters. The summed E-state index contributed by atoms with van der Waals surface area (Å²) in [6.45, 7) is 0. The number of allylic oxidation sites excluding steroid dienone is 2. The first kappa shape index (κ1) is 12.1. The van der Waals surface area contributed by atoms with Crippen molar-refractivity contribution in [2.24, 2.45) is 15.9 Å². The van der Waals surface area contributed by atoms with E-state index in [2.05, 4.69) is 10.0 Å². The maximum absolute atomic E-state index is 9.09. The Hall–Kier alpha value is -2.99. The zero-order chi connectivity index (χ0) is 12.9. The summed E-state index contributed by atoms with van der Waals surface area (Å²) >= 11 is 0. The van der Waals surface area contributed by atoms with Crippen molar-refractivity contribution in [3.8, 4) is 24.3 Å². The van der Waals surface area contributed by atoms with Crippen LogP contribution in [0.2, 0.25) is 0 Å². The molecule has 0 heterocycles. The fraction of sp³-hybridized carbons (Fsp3) is 0.400. The van der Waals surface area contributed by atoms with Gasteiger partial charge in [0.05, 0.1) is 24.3 Å². The lowest BCUT2D eigenvalue weighted by Gasteiger charge is -2.33. The van der Waals surface area contributed by atoms with E-state index in [4.69, 9.17) is 26.6 Å². The molecule has 0 aliphatic heterocycles. The molecule has 1 aliphatic carbocycles. The summed E-state index contributed by atoms with van der Waals surface area (Å²) < 4.78 is 0. The zero-order valence-corrected chi connectivity index (χ0v) is 8.62. The van der Waals surface area contributed by atoms with Gasteiger partial charge in [-0.1, -0.05) is 11.2 Å². The second-order valence-electron chi connectivity index (χ2n) is 3.52. The van der Waals surface area contributed by atoms with Gasteiger partial charge in [0.2, 0.25) is 0 Å². The molecule has 80 valence electrons. The van der Waals surface area contributed by atoms with Crippen molar-refractivity contribution in [3.05, 3.63) is 22.2 Å². The van der Waals surface area contributed by atoms with Crippen LogP contribution >= 0.6 is 0 Å². The molecule has 0 amide bonds. The molecule has 0 radical (unpaired) electrons. The summed E-state index contributed by atoms with van der Waals surface area (Å²) in [5.74, 6) is 0. The van der Waals surface area contributed by atoms with E-state index in [0.29, 0.717) is 0 Å². The standard InChI is InChI=1S/C10H5N7/c11-4-9(5-12)2-1-8(16-17-15)3-10(9,6-13)7-14/h1H,2-3H2. The van der Waals surface area contributed by atoms with Crippen LogP contribution in [0, 0.1) is 56.2 Å². The molecular weight excluding hydrogens is 218 g/mol. The Morgan fingerprint density at radius 2 is 1.65 bits per heavy atom. The summed E-state index contributed by atoms with van der Waals surface area (Å²) in [6, 6.07) is 6.91. The number of azide groups is 1. The highest BCUT2D eigenvalue weighted by Crippen LogP contribution is 2.49. The number of nitrogens with zero attached hydrogens (tertiary/aromatic N) is 7. The third kappa shape index (κ3) is 1.54. The fourth-order valence-corrected chi connectivity index (χ4v) is 1.68. The molecule has 0 fully saturated rings. The quantitative estimate of drug-likeness (QED) is 0.380. The molecule has 7 nitrogen and oxygen atoms in total. The van der Waals surface area contributed by atoms with Gasteiger partial charge >= 0.3 is 0 Å². The van der Waals surface area contributed by atoms with Gasteiger partial charge in [0.15, 0.2) is 10.8 Å². The predicted octanol–water partition coefficient (Wildman–Crippen LogP) is 2.04. The van der Waals surface area contributed by atoms with Gasteiger partial charge in [-0.25, -0.2) is 0 Å². The third-order valence-corrected chi connectivity index (χ3v) is 2.76. The summed E-state index contributed by atoms with van der Waals surface area (Å²) in [5.41, 5.74) is 4.99. The van der Waals surface area contributed by atoms with Crippen LogP contribution in [0.4, 0.5) is 0 Å². The smallest absolute Gasteiger partial charge is 0.179 e. The molecule has 0 aromatic rings. The monoisotopic (exact) mass is 223 g/mol. The normalized spacial score (nSPS) is 19.2. The van der Waals surface area contributed by atoms with Crippen LogP contribution < -0.4 is 0 Å². The van der Waals surface area contributed by atoms with E-state index in [-0.39, 0.29) is 18.5 Å². The molecule has 0 aromatic carbocycles. The lowest BCUT2D eigenvalue weighted by molar-refractivity contribution is 0.281. The zero-order valence-electron chi connectivity index (χ0n) is 8.62. The maximum atomic E-state index is 9.09. The van der Waals surface area contributed by atoms with Gasteiger partial charge in [0.25, 0.3) is 0 Å². The van der Waals surface area contributed by atoms with E-state index in [9.17, 15) is 0 Å². The molecule has 0 spiro atoms. The Balaban J connectivity index is 3.45. The van der Waals surface area contributed by atoms with E-state index in [1.807, 2.05) is 0 Å². The van der Waals surface area contributed by atoms with Crippen molar-refractivity contribution in [1.82, 2.24) is 0 Å². The second-order valence-corrected chi connectivity index (χ2v) is 3.52. The van der Waals surface area contributed by atoms with Gasteiger partial charge in [-0.05, 0) is 5.53 Å². The fourth-order valence-electron chi connectivity index (χ4n) is 1.68. The molecule has 0 saturated heterocycles. The molecule has 0 bridgehead atoms. The lowest BCUT2D eigenvalue weighted by atomic mass is 9.60. The minimum atomic E-state index is -1.80. The van der Waals surface area contributed by atoms with Crippen molar-refractivity contribution in [1.29, 1.82) is 21.0 Å². The summed E-state index contributed by atoms with van der Waals surface area (Å²) in [5, 5.41) is 39.6. The number of nitriles is 4. The van der Waals surface area contributed by atoms with Gasteiger partial charge in [-0.3, -0.25) is 0 Å². The molecule has 1 rings (SSSR count). The Morgan fingerprint density at radius 3 is 2.06 bits per heavy atom. The molecule has 7 heteroatoms. The highest BCUT2D eigenvalue weighted by Gasteiger charge is 2.56. The van der Waals surface area contributed by atoms with E-state index in [1.165, 1.54) is 6.08 Å². The number of hydrogen-bond acceptors (Lipinski definition) is 5. The largest absolute Gasteiger partial charge is 0.196 e. The van der Waals surface area contributed by atoms with Crippen molar-refractivity contribution >= 4 is 0 Å². The molecular formula is C10H5N7. The lowest BCUT2D eigenvalue weighted by Crippen LogP contribution is -2.40. The first-order valence-electron chi connectivity index (χ1n) is 4.53. The Morgan fingerprint density at radius 1 is 1.12 bits per heavy atom. The van der Waals surface area contributed by atoms with E-state index in [0.717, 1.165) is 0 Å². The summed E-state index contributed by atoms with van der Waals surface area (Å²) in [7, 11) is 0. The first-order valence-corrected chi connectivity index (χ1v) is 4.53. The van der Waals surface area contributed by atoms with Gasteiger partial charge in [-0.15, -0.1) is 0 Å². The summed E-state index contributed by atoms with van der Waals surface area (Å²) in [6.07, 6.45) is 1.10. The predicted molar refractivity (Wildman–Crippen MR) is 53.8 cm³/mol. The second kappa shape index (κ2) is 4.25. The van der Waals surface area contributed by atoms with Gasteiger partial charge in [0.1, 0.15) is 0 Å². The van der Waals surface area contributed by atoms with Crippen molar-refractivity contribution in [2.45, 2.75) is 12.8 Å². The van der Waals surface area contributed by atoms with Crippen LogP contribution in [-0.4, -0.2) is 0 Å². The molecule has 0 saturated carbocycles. The topological polar surface area (TPSA) is 144 Å². The van der Waals surface area contributed by atoms with Crippen LogP contribution in [0.15, 0.2) is 16.9 Å². The first-order chi connectivity index (χ1) is 8.13. The minimum Gasteiger partial charge on any atom is -0.196 e. The molecule has 17 heavy (non-hydrogen) atoms. The highest BCUT2D eigenvalue weighted by atomic mass is 15.1. The van der Waals surface area contributed by atoms with Crippen LogP contribution in [-0.2, 0) is 0 Å². The Kier molecular flexibility index (Phi) is 3.02. The van der Waals surface area contributed by atoms with E-state index < -0.39 is 10.8 Å². The van der Waals surface area contributed by atoms with Crippen LogP contribution in [0.1, 0.15) is 12.8 Å². The van der Waals surface area contributed by atoms with Crippen molar-refractivity contribution in [2.75, 3.05) is 0 Å². The minimum absolute atomic E-state index is 0.102. The van der Waals surface area contributed by atoms with Gasteiger partial charge in [0, 0.05) is 23.5 Å². The average Bonchev–Trinajstić information content (AvgIpc) is 2.39. The van der Waals surface area contributed by atoms with Crippen LogP contribution in [0.3, 0.4) is 0 Å². The van der Waals surface area contributed by atoms with Crippen molar-refractivity contribution in [3.63, 3.8) is 0 Å². The number of rotatable bonds is 1. The molecule has 0 aromatic heterocycles. The molecule has 0 N–H and O–H groups in total. The highest BCUT2D eigenvalue weighted by molar-refractivity contribution is 5.40. The van der Waals surface area contributed by atoms with E-state index >= 15 is 0 Å². The van der Waals surface area contributed by atoms with Gasteiger partial charge < -0.3 is 0 Å². The van der Waals surface area contributed by atoms with Gasteiger partial charge in [-0.2, -0.15) is 21.0 Å². The third-order valence-electron chi connectivity index (χ3n) is 2.76. The van der Waals surface area contributed by atoms with Crippen molar-refractivity contribution < 1.29 is 0 Å². The van der Waals surface area contributed by atoms with Crippen LogP contribution in [0.25, 0.3) is 10.4 Å². The molecule has 0 atom stereocenters. The SMILES string of the molecule is N#CC1(C#N)CC=C(N=[N+]=[N-])CC1(C#N)C#N. The Labute approximate surface area is 97.0 Å². The average molecular weight is 223 g/mol. The van der Waals surface area contributed by atoms with E-state index in [1.54, 1.807) is 24.3 Å². The summed E-state index contributed by atoms with van der Waals surface area (Å²) in [4.78, 5) is 2.56. The molecule has 1 aliphatic rings. The number of hydrogen-bond donors (Lipinski definition) is 0. The van der Waals surface area contributed by atoms with Crippen LogP contribution in [0.5, 0.6) is 0 Å². The maximum Gasteiger partial charge on any atom is 0.179 e.